The smallest absolute Gasteiger partial charge is 0.354 e. The summed E-state index contributed by atoms with van der Waals surface area (Å²) in [6.07, 6.45) is 2.39. The number of aromatic carboxylic acids is 1. The Morgan fingerprint density at radius 1 is 1.56 bits per heavy atom. The third-order valence-corrected chi connectivity index (χ3v) is 2.52. The van der Waals surface area contributed by atoms with Gasteiger partial charge in [0, 0.05) is 6.20 Å². The lowest BCUT2D eigenvalue weighted by Gasteiger charge is -2.23. The standard InChI is InChI=1S/C12H17NO3/c1-4-12(2,3)16-8-9-5-6-13-10(7-9)11(14)15/h5-7H,4,8H2,1-3H3,(H,14,15). The third-order valence-electron chi connectivity index (χ3n) is 2.52. The number of nitrogens with zero attached hydrogens (tertiary/aromatic N) is 1. The molecule has 0 aliphatic heterocycles. The summed E-state index contributed by atoms with van der Waals surface area (Å²) in [4.78, 5) is 14.5. The number of hydrogen-bond donors (Lipinski definition) is 1. The molecule has 4 heteroatoms. The summed E-state index contributed by atoms with van der Waals surface area (Å²) in [6, 6.07) is 3.30. The average Bonchev–Trinajstić information content (AvgIpc) is 2.27. The van der Waals surface area contributed by atoms with Gasteiger partial charge in [0.1, 0.15) is 5.69 Å². The molecule has 16 heavy (non-hydrogen) atoms. The maximum absolute atomic E-state index is 10.7. The molecule has 0 aliphatic carbocycles. The van der Waals surface area contributed by atoms with Crippen LogP contribution in [0.2, 0.25) is 0 Å². The van der Waals surface area contributed by atoms with Gasteiger partial charge in [0.05, 0.1) is 12.2 Å². The molecule has 0 saturated carbocycles. The Kier molecular flexibility index (Phi) is 4.01. The quantitative estimate of drug-likeness (QED) is 0.833. The van der Waals surface area contributed by atoms with E-state index in [4.69, 9.17) is 9.84 Å². The molecule has 0 amide bonds. The van der Waals surface area contributed by atoms with Crippen molar-refractivity contribution in [2.24, 2.45) is 0 Å². The van der Waals surface area contributed by atoms with Gasteiger partial charge in [0.2, 0.25) is 0 Å². The molecule has 1 aromatic heterocycles. The Morgan fingerprint density at radius 3 is 2.81 bits per heavy atom. The minimum Gasteiger partial charge on any atom is -0.477 e. The minimum atomic E-state index is -1.02. The van der Waals surface area contributed by atoms with Crippen LogP contribution < -0.4 is 0 Å². The van der Waals surface area contributed by atoms with Gasteiger partial charge in [0.15, 0.2) is 0 Å². The number of carbonyl (C=O) groups is 1. The van der Waals surface area contributed by atoms with Gasteiger partial charge in [-0.3, -0.25) is 0 Å². The fourth-order valence-electron chi connectivity index (χ4n) is 1.06. The van der Waals surface area contributed by atoms with Crippen molar-refractivity contribution in [1.29, 1.82) is 0 Å². The first-order valence-corrected chi connectivity index (χ1v) is 5.27. The summed E-state index contributed by atoms with van der Waals surface area (Å²) in [7, 11) is 0. The minimum absolute atomic E-state index is 0.0513. The number of hydrogen-bond acceptors (Lipinski definition) is 3. The van der Waals surface area contributed by atoms with Gasteiger partial charge in [-0.2, -0.15) is 0 Å². The molecule has 88 valence electrons. The van der Waals surface area contributed by atoms with Crippen LogP contribution in [0.15, 0.2) is 18.3 Å². The van der Waals surface area contributed by atoms with Crippen molar-refractivity contribution in [2.75, 3.05) is 0 Å². The second kappa shape index (κ2) is 5.07. The van der Waals surface area contributed by atoms with Crippen molar-refractivity contribution >= 4 is 5.97 Å². The van der Waals surface area contributed by atoms with E-state index in [-0.39, 0.29) is 11.3 Å². The highest BCUT2D eigenvalue weighted by Crippen LogP contribution is 2.16. The number of rotatable bonds is 5. The van der Waals surface area contributed by atoms with E-state index in [9.17, 15) is 4.79 Å². The second-order valence-electron chi connectivity index (χ2n) is 4.26. The van der Waals surface area contributed by atoms with E-state index in [0.717, 1.165) is 12.0 Å². The van der Waals surface area contributed by atoms with Crippen molar-refractivity contribution in [1.82, 2.24) is 4.98 Å². The first kappa shape index (κ1) is 12.6. The van der Waals surface area contributed by atoms with Gasteiger partial charge in [-0.1, -0.05) is 6.92 Å². The molecule has 0 atom stereocenters. The van der Waals surface area contributed by atoms with Crippen molar-refractivity contribution < 1.29 is 14.6 Å². The molecule has 0 bridgehead atoms. The molecular formula is C12H17NO3. The van der Waals surface area contributed by atoms with Crippen molar-refractivity contribution in [2.45, 2.75) is 39.4 Å². The summed E-state index contributed by atoms with van der Waals surface area (Å²) in [5.41, 5.74) is 0.691. The normalized spacial score (nSPS) is 11.4. The maximum atomic E-state index is 10.7. The van der Waals surface area contributed by atoms with Gasteiger partial charge in [-0.05, 0) is 38.0 Å². The van der Waals surface area contributed by atoms with E-state index in [2.05, 4.69) is 11.9 Å². The van der Waals surface area contributed by atoms with E-state index in [0.29, 0.717) is 6.61 Å². The number of carboxylic acids is 1. The topological polar surface area (TPSA) is 59.4 Å². The highest BCUT2D eigenvalue weighted by Gasteiger charge is 2.15. The zero-order valence-corrected chi connectivity index (χ0v) is 9.86. The molecule has 0 radical (unpaired) electrons. The molecule has 4 nitrogen and oxygen atoms in total. The van der Waals surface area contributed by atoms with E-state index < -0.39 is 5.97 Å². The average molecular weight is 223 g/mol. The Morgan fingerprint density at radius 2 is 2.25 bits per heavy atom. The van der Waals surface area contributed by atoms with Crippen LogP contribution in [-0.2, 0) is 11.3 Å². The molecule has 0 fully saturated rings. The van der Waals surface area contributed by atoms with Crippen LogP contribution in [0.25, 0.3) is 0 Å². The largest absolute Gasteiger partial charge is 0.477 e. The van der Waals surface area contributed by atoms with Gasteiger partial charge in [-0.15, -0.1) is 0 Å². The van der Waals surface area contributed by atoms with Crippen LogP contribution in [0.4, 0.5) is 0 Å². The summed E-state index contributed by atoms with van der Waals surface area (Å²) >= 11 is 0. The fourth-order valence-corrected chi connectivity index (χ4v) is 1.06. The molecule has 0 aliphatic rings. The number of ether oxygens (including phenoxy) is 1. The zero-order chi connectivity index (χ0) is 12.2. The molecule has 0 aromatic carbocycles. The lowest BCUT2D eigenvalue weighted by atomic mass is 10.1. The van der Waals surface area contributed by atoms with Crippen molar-refractivity contribution in [3.8, 4) is 0 Å². The molecule has 1 rings (SSSR count). The van der Waals surface area contributed by atoms with Crippen LogP contribution in [0, 0.1) is 0 Å². The predicted octanol–water partition coefficient (Wildman–Crippen LogP) is 2.49. The van der Waals surface area contributed by atoms with Crippen molar-refractivity contribution in [3.05, 3.63) is 29.6 Å². The summed E-state index contributed by atoms with van der Waals surface area (Å²) in [5, 5.41) is 8.78. The summed E-state index contributed by atoms with van der Waals surface area (Å²) in [6.45, 7) is 6.47. The van der Waals surface area contributed by atoms with E-state index in [1.807, 2.05) is 13.8 Å². The molecular weight excluding hydrogens is 206 g/mol. The molecule has 0 spiro atoms. The van der Waals surface area contributed by atoms with Crippen LogP contribution >= 0.6 is 0 Å². The number of aromatic nitrogens is 1. The molecule has 0 unspecified atom stereocenters. The Labute approximate surface area is 95.3 Å². The Hall–Kier alpha value is -1.42. The molecule has 0 saturated heterocycles. The maximum Gasteiger partial charge on any atom is 0.354 e. The first-order valence-electron chi connectivity index (χ1n) is 5.27. The highest BCUT2D eigenvalue weighted by molar-refractivity contribution is 5.85. The number of pyridine rings is 1. The van der Waals surface area contributed by atoms with Crippen LogP contribution in [-0.4, -0.2) is 21.7 Å². The predicted molar refractivity (Wildman–Crippen MR) is 60.4 cm³/mol. The number of carboxylic acid groups (broad SMARTS) is 1. The van der Waals surface area contributed by atoms with Gasteiger partial charge < -0.3 is 9.84 Å². The molecule has 1 aromatic rings. The third kappa shape index (κ3) is 3.62. The Balaban J connectivity index is 2.68. The van der Waals surface area contributed by atoms with Crippen LogP contribution in [0.1, 0.15) is 43.2 Å². The van der Waals surface area contributed by atoms with Crippen LogP contribution in [0.3, 0.4) is 0 Å². The van der Waals surface area contributed by atoms with Gasteiger partial charge in [0.25, 0.3) is 0 Å². The second-order valence-corrected chi connectivity index (χ2v) is 4.26. The SMILES string of the molecule is CCC(C)(C)OCc1ccnc(C(=O)O)c1. The van der Waals surface area contributed by atoms with E-state index in [1.54, 1.807) is 6.07 Å². The van der Waals surface area contributed by atoms with Crippen molar-refractivity contribution in [3.63, 3.8) is 0 Å². The molecule has 1 N–H and O–H groups in total. The Bertz CT molecular complexity index is 374. The van der Waals surface area contributed by atoms with Gasteiger partial charge >= 0.3 is 5.97 Å². The zero-order valence-electron chi connectivity index (χ0n) is 9.86. The van der Waals surface area contributed by atoms with Crippen LogP contribution in [0.5, 0.6) is 0 Å². The van der Waals surface area contributed by atoms with E-state index in [1.165, 1.54) is 12.3 Å². The first-order chi connectivity index (χ1) is 7.44. The lowest BCUT2D eigenvalue weighted by Crippen LogP contribution is -2.22. The van der Waals surface area contributed by atoms with Gasteiger partial charge in [-0.25, -0.2) is 9.78 Å². The monoisotopic (exact) mass is 223 g/mol. The molecule has 1 heterocycles. The fraction of sp³-hybridized carbons (Fsp3) is 0.500. The summed E-state index contributed by atoms with van der Waals surface area (Å²) < 4.78 is 5.68. The summed E-state index contributed by atoms with van der Waals surface area (Å²) in [5.74, 6) is -1.02. The lowest BCUT2D eigenvalue weighted by molar-refractivity contribution is -0.0316. The highest BCUT2D eigenvalue weighted by atomic mass is 16.5. The van der Waals surface area contributed by atoms with E-state index >= 15 is 0 Å².